The van der Waals surface area contributed by atoms with Crippen molar-refractivity contribution in [1.29, 1.82) is 0 Å². The summed E-state index contributed by atoms with van der Waals surface area (Å²) in [5.74, 6) is -0.287. The maximum atomic E-state index is 5.82. The van der Waals surface area contributed by atoms with Crippen LogP contribution in [-0.4, -0.2) is 33.5 Å². The molecule has 1 aromatic heterocycles. The van der Waals surface area contributed by atoms with Crippen LogP contribution in [0.25, 0.3) is 0 Å². The molecule has 120 valence electrons. The molecule has 0 aliphatic rings. The number of rotatable bonds is 4. The van der Waals surface area contributed by atoms with Crippen LogP contribution in [0.1, 0.15) is 0 Å². The van der Waals surface area contributed by atoms with Crippen LogP contribution in [0, 0.1) is 0 Å². The van der Waals surface area contributed by atoms with Crippen LogP contribution in [0.3, 0.4) is 0 Å². The number of hydrogen-bond donors (Lipinski definition) is 3. The van der Waals surface area contributed by atoms with Gasteiger partial charge in [-0.25, -0.2) is 0 Å². The lowest BCUT2D eigenvalue weighted by Gasteiger charge is -2.21. The standard InChI is InChI=1S/C7H6Cl8N6/c8-1(6(10,11)12)17-4-19-3(16)20-5(21-4)18-2(9)7(13,14)15/h1-2H,(H4,16,17,18,19,20,21). The maximum absolute atomic E-state index is 5.82. The molecule has 2 atom stereocenters. The summed E-state index contributed by atoms with van der Waals surface area (Å²) < 4.78 is -3.60. The summed E-state index contributed by atoms with van der Waals surface area (Å²) in [4.78, 5) is 11.4. The third-order valence-electron chi connectivity index (χ3n) is 1.74. The lowest BCUT2D eigenvalue weighted by molar-refractivity contribution is 0.920. The molecule has 1 aromatic rings. The molecule has 21 heavy (non-hydrogen) atoms. The van der Waals surface area contributed by atoms with Gasteiger partial charge in [0.25, 0.3) is 0 Å². The second-order valence-corrected chi connectivity index (χ2v) is 9.05. The Kier molecular flexibility index (Phi) is 7.09. The second kappa shape index (κ2) is 7.53. The first-order valence-electron chi connectivity index (χ1n) is 4.86. The Morgan fingerprint density at radius 2 is 1.10 bits per heavy atom. The van der Waals surface area contributed by atoms with Gasteiger partial charge in [0.15, 0.2) is 11.0 Å². The van der Waals surface area contributed by atoms with Crippen LogP contribution >= 0.6 is 92.8 Å². The van der Waals surface area contributed by atoms with Crippen molar-refractivity contribution >= 4 is 111 Å². The lowest BCUT2D eigenvalue weighted by Crippen LogP contribution is -2.31. The fourth-order valence-electron chi connectivity index (χ4n) is 0.912. The van der Waals surface area contributed by atoms with E-state index in [1.807, 2.05) is 0 Å². The highest BCUT2D eigenvalue weighted by molar-refractivity contribution is 6.70. The van der Waals surface area contributed by atoms with Crippen LogP contribution < -0.4 is 16.4 Å². The number of halogens is 8. The molecule has 14 heteroatoms. The van der Waals surface area contributed by atoms with Crippen LogP contribution in [-0.2, 0) is 0 Å². The van der Waals surface area contributed by atoms with Gasteiger partial charge in [-0.3, -0.25) is 0 Å². The number of nitrogen functional groups attached to an aromatic ring is 1. The number of nitrogens with two attached hydrogens (primary N) is 1. The first-order chi connectivity index (χ1) is 9.39. The van der Waals surface area contributed by atoms with Crippen LogP contribution in [0.4, 0.5) is 17.8 Å². The van der Waals surface area contributed by atoms with E-state index in [0.717, 1.165) is 0 Å². The van der Waals surface area contributed by atoms with Crippen molar-refractivity contribution in [3.8, 4) is 0 Å². The van der Waals surface area contributed by atoms with Gasteiger partial charge in [0, 0.05) is 0 Å². The molecule has 0 aliphatic heterocycles. The highest BCUT2D eigenvalue weighted by Crippen LogP contribution is 2.35. The number of aromatic nitrogens is 3. The monoisotopic (exact) mass is 454 g/mol. The normalized spacial score (nSPS) is 15.4. The average Bonchev–Trinajstić information content (AvgIpc) is 2.25. The highest BCUT2D eigenvalue weighted by Gasteiger charge is 2.33. The molecule has 0 amide bonds. The third kappa shape index (κ3) is 6.79. The van der Waals surface area contributed by atoms with Gasteiger partial charge in [-0.1, -0.05) is 92.8 Å². The Balaban J connectivity index is 2.90. The van der Waals surface area contributed by atoms with Crippen molar-refractivity contribution < 1.29 is 0 Å². The van der Waals surface area contributed by atoms with Gasteiger partial charge in [-0.05, 0) is 0 Å². The number of hydrogen-bond acceptors (Lipinski definition) is 6. The summed E-state index contributed by atoms with van der Waals surface area (Å²) in [5.41, 5.74) is 3.25. The molecule has 0 aliphatic carbocycles. The molecular weight excluding hydrogens is 452 g/mol. The van der Waals surface area contributed by atoms with E-state index in [9.17, 15) is 0 Å². The predicted molar refractivity (Wildman–Crippen MR) is 91.3 cm³/mol. The number of alkyl halides is 8. The van der Waals surface area contributed by atoms with Crippen molar-refractivity contribution in [3.63, 3.8) is 0 Å². The highest BCUT2D eigenvalue weighted by atomic mass is 35.6. The molecule has 4 N–H and O–H groups in total. The van der Waals surface area contributed by atoms with Gasteiger partial charge in [0.1, 0.15) is 0 Å². The smallest absolute Gasteiger partial charge is 0.230 e. The van der Waals surface area contributed by atoms with E-state index in [1.54, 1.807) is 0 Å². The molecular formula is C7H6Cl8N6. The van der Waals surface area contributed by atoms with Crippen LogP contribution in [0.15, 0.2) is 0 Å². The van der Waals surface area contributed by atoms with Crippen LogP contribution in [0.5, 0.6) is 0 Å². The summed E-state index contributed by atoms with van der Waals surface area (Å²) in [6.07, 6.45) is 0. The Morgan fingerprint density at radius 3 is 1.38 bits per heavy atom. The molecule has 0 radical (unpaired) electrons. The Hall–Kier alpha value is 0.730. The van der Waals surface area contributed by atoms with Gasteiger partial charge in [-0.2, -0.15) is 15.0 Å². The molecule has 0 saturated heterocycles. The molecule has 0 fully saturated rings. The first-order valence-corrected chi connectivity index (χ1v) is 8.00. The number of anilines is 3. The minimum Gasteiger partial charge on any atom is -0.368 e. The molecule has 0 aromatic carbocycles. The van der Waals surface area contributed by atoms with Gasteiger partial charge >= 0.3 is 0 Å². The number of nitrogens with zero attached hydrogens (tertiary/aromatic N) is 3. The first kappa shape index (κ1) is 19.8. The van der Waals surface area contributed by atoms with E-state index in [4.69, 9.17) is 98.5 Å². The molecule has 6 nitrogen and oxygen atoms in total. The summed E-state index contributed by atoms with van der Waals surface area (Å²) in [5, 5.41) is 5.04. The molecule has 1 rings (SSSR count). The molecule has 2 unspecified atom stereocenters. The zero-order valence-corrected chi connectivity index (χ0v) is 15.6. The largest absolute Gasteiger partial charge is 0.368 e. The molecule has 1 heterocycles. The van der Waals surface area contributed by atoms with E-state index >= 15 is 0 Å². The van der Waals surface area contributed by atoms with Crippen molar-refractivity contribution in [2.45, 2.75) is 18.6 Å². The predicted octanol–water partition coefficient (Wildman–Crippen LogP) is 4.15. The van der Waals surface area contributed by atoms with E-state index in [1.165, 1.54) is 0 Å². The Morgan fingerprint density at radius 1 is 0.762 bits per heavy atom. The summed E-state index contributed by atoms with van der Waals surface area (Å²) in [7, 11) is 0. The minimum atomic E-state index is -1.80. The van der Waals surface area contributed by atoms with Gasteiger partial charge in [-0.15, -0.1) is 0 Å². The van der Waals surface area contributed by atoms with Gasteiger partial charge in [0.05, 0.1) is 0 Å². The zero-order chi connectivity index (χ0) is 16.4. The third-order valence-corrected chi connectivity index (χ3v) is 4.59. The Labute approximate surface area is 159 Å². The average molecular weight is 458 g/mol. The zero-order valence-electron chi connectivity index (χ0n) is 9.60. The SMILES string of the molecule is Nc1nc(NC(Cl)C(Cl)(Cl)Cl)nc(NC(Cl)C(Cl)(Cl)Cl)n1. The fourth-order valence-corrected chi connectivity index (χ4v) is 1.43. The van der Waals surface area contributed by atoms with E-state index < -0.39 is 18.6 Å². The van der Waals surface area contributed by atoms with Crippen LogP contribution in [0.2, 0.25) is 0 Å². The molecule has 0 saturated carbocycles. The summed E-state index contributed by atoms with van der Waals surface area (Å²) >= 11 is 45.2. The lowest BCUT2D eigenvalue weighted by atomic mass is 10.6. The minimum absolute atomic E-state index is 0.0653. The fraction of sp³-hybridized carbons (Fsp3) is 0.571. The molecule has 0 spiro atoms. The topological polar surface area (TPSA) is 88.8 Å². The second-order valence-electron chi connectivity index (χ2n) is 3.44. The van der Waals surface area contributed by atoms with Crippen molar-refractivity contribution in [1.82, 2.24) is 15.0 Å². The van der Waals surface area contributed by atoms with Crippen molar-refractivity contribution in [2.24, 2.45) is 0 Å². The van der Waals surface area contributed by atoms with Crippen molar-refractivity contribution in [2.75, 3.05) is 16.4 Å². The maximum Gasteiger partial charge on any atom is 0.230 e. The quantitative estimate of drug-likeness (QED) is 0.465. The van der Waals surface area contributed by atoms with E-state index in [0.29, 0.717) is 0 Å². The Bertz CT molecular complexity index is 447. The molecule has 0 bridgehead atoms. The summed E-state index contributed by atoms with van der Waals surface area (Å²) in [6, 6.07) is 0. The van der Waals surface area contributed by atoms with Crippen molar-refractivity contribution in [3.05, 3.63) is 0 Å². The van der Waals surface area contributed by atoms with Gasteiger partial charge < -0.3 is 16.4 Å². The van der Waals surface area contributed by atoms with E-state index in [-0.39, 0.29) is 17.8 Å². The summed E-state index contributed by atoms with van der Waals surface area (Å²) in [6.45, 7) is 0. The number of nitrogens with one attached hydrogen (secondary N) is 2. The van der Waals surface area contributed by atoms with E-state index in [2.05, 4.69) is 25.6 Å². The van der Waals surface area contributed by atoms with Gasteiger partial charge in [0.2, 0.25) is 25.4 Å².